The highest BCUT2D eigenvalue weighted by Crippen LogP contribution is 2.21. The summed E-state index contributed by atoms with van der Waals surface area (Å²) in [5, 5.41) is 4.11. The Hall–Kier alpha value is -2.59. The van der Waals surface area contributed by atoms with E-state index in [-0.39, 0.29) is 5.91 Å². The van der Waals surface area contributed by atoms with Crippen LogP contribution in [0.25, 0.3) is 10.9 Å². The lowest BCUT2D eigenvalue weighted by Gasteiger charge is -2.13. The molecule has 1 N–H and O–H groups in total. The maximum Gasteiger partial charge on any atom is 0.267 e. The predicted octanol–water partition coefficient (Wildman–Crippen LogP) is 2.98. The molecule has 0 fully saturated rings. The summed E-state index contributed by atoms with van der Waals surface area (Å²) in [6, 6.07) is 20.3. The van der Waals surface area contributed by atoms with E-state index in [0.29, 0.717) is 18.8 Å². The summed E-state index contributed by atoms with van der Waals surface area (Å²) >= 11 is 0. The molecule has 0 radical (unpaired) electrons. The molecular weight excluding hydrogens is 298 g/mol. The number of benzene rings is 2. The fourth-order valence-electron chi connectivity index (χ4n) is 2.82. The number of carbonyl (C=O) groups excluding carboxylic acids is 1. The highest BCUT2D eigenvalue weighted by atomic mass is 16.1. The van der Waals surface area contributed by atoms with E-state index in [1.807, 2.05) is 56.6 Å². The first-order valence-electron chi connectivity index (χ1n) is 8.20. The average molecular weight is 321 g/mol. The highest BCUT2D eigenvalue weighted by molar-refractivity contribution is 5.98. The number of hydrogen-bond acceptors (Lipinski definition) is 2. The van der Waals surface area contributed by atoms with Gasteiger partial charge in [0.1, 0.15) is 5.69 Å². The summed E-state index contributed by atoms with van der Waals surface area (Å²) in [6.45, 7) is 2.15. The van der Waals surface area contributed by atoms with Gasteiger partial charge in [-0.05, 0) is 31.8 Å². The third-order valence-electron chi connectivity index (χ3n) is 4.07. The van der Waals surface area contributed by atoms with Crippen molar-refractivity contribution in [1.29, 1.82) is 0 Å². The Bertz CT molecular complexity index is 821. The van der Waals surface area contributed by atoms with Gasteiger partial charge in [0.05, 0.1) is 0 Å². The molecule has 0 aliphatic heterocycles. The molecule has 24 heavy (non-hydrogen) atoms. The first-order chi connectivity index (χ1) is 11.6. The van der Waals surface area contributed by atoms with E-state index in [9.17, 15) is 4.79 Å². The number of nitrogens with one attached hydrogen (secondary N) is 1. The van der Waals surface area contributed by atoms with Crippen molar-refractivity contribution >= 4 is 16.8 Å². The Balaban J connectivity index is 1.91. The van der Waals surface area contributed by atoms with Crippen molar-refractivity contribution in [2.45, 2.75) is 6.54 Å². The van der Waals surface area contributed by atoms with Gasteiger partial charge in [-0.15, -0.1) is 0 Å². The molecule has 124 valence electrons. The summed E-state index contributed by atoms with van der Waals surface area (Å²) in [6.07, 6.45) is 0. The number of amides is 1. The van der Waals surface area contributed by atoms with E-state index < -0.39 is 0 Å². The number of carbonyl (C=O) groups is 1. The van der Waals surface area contributed by atoms with Crippen molar-refractivity contribution in [3.05, 3.63) is 71.9 Å². The second kappa shape index (κ2) is 7.32. The summed E-state index contributed by atoms with van der Waals surface area (Å²) in [4.78, 5) is 14.7. The van der Waals surface area contributed by atoms with E-state index in [0.717, 1.165) is 17.4 Å². The lowest BCUT2D eigenvalue weighted by atomic mass is 10.2. The largest absolute Gasteiger partial charge is 0.349 e. The number of aromatic nitrogens is 1. The van der Waals surface area contributed by atoms with Gasteiger partial charge >= 0.3 is 0 Å². The van der Waals surface area contributed by atoms with Gasteiger partial charge in [-0.25, -0.2) is 0 Å². The second-order valence-electron chi connectivity index (χ2n) is 6.22. The van der Waals surface area contributed by atoms with Crippen LogP contribution in [0.15, 0.2) is 60.7 Å². The molecule has 0 saturated carbocycles. The van der Waals surface area contributed by atoms with Crippen LogP contribution in [-0.4, -0.2) is 42.6 Å². The third kappa shape index (κ3) is 3.66. The number of rotatable bonds is 6. The molecule has 0 aliphatic rings. The van der Waals surface area contributed by atoms with Crippen LogP contribution in [0.3, 0.4) is 0 Å². The Morgan fingerprint density at radius 3 is 2.50 bits per heavy atom. The van der Waals surface area contributed by atoms with Crippen LogP contribution < -0.4 is 5.32 Å². The first kappa shape index (κ1) is 16.3. The van der Waals surface area contributed by atoms with Gasteiger partial charge < -0.3 is 14.8 Å². The molecule has 1 heterocycles. The number of nitrogens with zero attached hydrogens (tertiary/aromatic N) is 2. The molecule has 4 nitrogen and oxygen atoms in total. The molecule has 0 spiro atoms. The van der Waals surface area contributed by atoms with Gasteiger partial charge in [0, 0.05) is 30.5 Å². The second-order valence-corrected chi connectivity index (χ2v) is 6.22. The van der Waals surface area contributed by atoms with E-state index in [1.165, 1.54) is 5.56 Å². The van der Waals surface area contributed by atoms with Crippen molar-refractivity contribution in [1.82, 2.24) is 14.8 Å². The predicted molar refractivity (Wildman–Crippen MR) is 98.4 cm³/mol. The quantitative estimate of drug-likeness (QED) is 0.758. The SMILES string of the molecule is CN(C)CCNC(=O)c1cc2ccccc2n1Cc1ccccc1. The standard InChI is InChI=1S/C20H23N3O/c1-22(2)13-12-21-20(24)19-14-17-10-6-7-11-18(17)23(19)15-16-8-4-3-5-9-16/h3-11,14H,12-13,15H2,1-2H3,(H,21,24). The van der Waals surface area contributed by atoms with Crippen molar-refractivity contribution in [3.8, 4) is 0 Å². The molecule has 0 atom stereocenters. The average Bonchev–Trinajstić information content (AvgIpc) is 2.94. The van der Waals surface area contributed by atoms with E-state index in [1.54, 1.807) is 0 Å². The molecule has 3 aromatic rings. The molecule has 1 aromatic heterocycles. The molecule has 3 rings (SSSR count). The van der Waals surface area contributed by atoms with E-state index in [4.69, 9.17) is 0 Å². The zero-order chi connectivity index (χ0) is 16.9. The maximum absolute atomic E-state index is 12.7. The molecule has 4 heteroatoms. The van der Waals surface area contributed by atoms with E-state index >= 15 is 0 Å². The Labute approximate surface area is 142 Å². The minimum absolute atomic E-state index is 0.0241. The fraction of sp³-hybridized carbons (Fsp3) is 0.250. The lowest BCUT2D eigenvalue weighted by Crippen LogP contribution is -2.32. The number of para-hydroxylation sites is 1. The summed E-state index contributed by atoms with van der Waals surface area (Å²) < 4.78 is 2.09. The lowest BCUT2D eigenvalue weighted by molar-refractivity contribution is 0.0942. The molecule has 0 bridgehead atoms. The molecule has 1 amide bonds. The Morgan fingerprint density at radius 2 is 1.75 bits per heavy atom. The molecular formula is C20H23N3O. The summed E-state index contributed by atoms with van der Waals surface area (Å²) in [5.74, 6) is -0.0241. The zero-order valence-electron chi connectivity index (χ0n) is 14.2. The third-order valence-corrected chi connectivity index (χ3v) is 4.07. The smallest absolute Gasteiger partial charge is 0.267 e. The molecule has 0 saturated heterocycles. The molecule has 0 aliphatic carbocycles. The highest BCUT2D eigenvalue weighted by Gasteiger charge is 2.15. The van der Waals surface area contributed by atoms with Crippen LogP contribution in [0.2, 0.25) is 0 Å². The van der Waals surface area contributed by atoms with Crippen LogP contribution in [0, 0.1) is 0 Å². The van der Waals surface area contributed by atoms with Crippen LogP contribution in [-0.2, 0) is 6.54 Å². The normalized spacial score (nSPS) is 11.1. The van der Waals surface area contributed by atoms with Crippen molar-refractivity contribution in [2.24, 2.45) is 0 Å². The Morgan fingerprint density at radius 1 is 1.04 bits per heavy atom. The van der Waals surface area contributed by atoms with Crippen molar-refractivity contribution in [2.75, 3.05) is 27.2 Å². The van der Waals surface area contributed by atoms with E-state index in [2.05, 4.69) is 33.0 Å². The minimum Gasteiger partial charge on any atom is -0.349 e. The van der Waals surface area contributed by atoms with Crippen LogP contribution >= 0.6 is 0 Å². The zero-order valence-corrected chi connectivity index (χ0v) is 14.2. The number of likely N-dealkylation sites (N-methyl/N-ethyl adjacent to an activating group) is 1. The van der Waals surface area contributed by atoms with Crippen LogP contribution in [0.5, 0.6) is 0 Å². The van der Waals surface area contributed by atoms with Crippen LogP contribution in [0.1, 0.15) is 16.1 Å². The topological polar surface area (TPSA) is 37.3 Å². The molecule has 2 aromatic carbocycles. The minimum atomic E-state index is -0.0241. The van der Waals surface area contributed by atoms with Crippen LogP contribution in [0.4, 0.5) is 0 Å². The maximum atomic E-state index is 12.7. The monoisotopic (exact) mass is 321 g/mol. The summed E-state index contributed by atoms with van der Waals surface area (Å²) in [5.41, 5.74) is 2.97. The van der Waals surface area contributed by atoms with Gasteiger partial charge in [0.15, 0.2) is 0 Å². The van der Waals surface area contributed by atoms with Crippen molar-refractivity contribution in [3.63, 3.8) is 0 Å². The van der Waals surface area contributed by atoms with Gasteiger partial charge in [-0.2, -0.15) is 0 Å². The molecule has 0 unspecified atom stereocenters. The Kier molecular flexibility index (Phi) is 4.96. The first-order valence-corrected chi connectivity index (χ1v) is 8.20. The summed E-state index contributed by atoms with van der Waals surface area (Å²) in [7, 11) is 4.00. The van der Waals surface area contributed by atoms with Gasteiger partial charge in [0.25, 0.3) is 5.91 Å². The van der Waals surface area contributed by atoms with Gasteiger partial charge in [0.2, 0.25) is 0 Å². The van der Waals surface area contributed by atoms with Gasteiger partial charge in [-0.3, -0.25) is 4.79 Å². The number of hydrogen-bond donors (Lipinski definition) is 1. The number of fused-ring (bicyclic) bond motifs is 1. The van der Waals surface area contributed by atoms with Gasteiger partial charge in [-0.1, -0.05) is 48.5 Å². The van der Waals surface area contributed by atoms with Crippen molar-refractivity contribution < 1.29 is 4.79 Å². The fourth-order valence-corrected chi connectivity index (χ4v) is 2.82.